The molecule has 0 unspecified atom stereocenters. The van der Waals surface area contributed by atoms with Gasteiger partial charge in [0.2, 0.25) is 0 Å². The molecular weight excluding hydrogens is 304 g/mol. The molecule has 1 rings (SSSR count). The molecule has 4 nitrogen and oxygen atoms in total. The molecule has 0 fully saturated rings. The number of esters is 1. The first-order valence-electron chi connectivity index (χ1n) is 8.27. The van der Waals surface area contributed by atoms with Crippen LogP contribution in [0.4, 0.5) is 0 Å². The minimum Gasteiger partial charge on any atom is -0.460 e. The lowest BCUT2D eigenvalue weighted by Gasteiger charge is -2.10. The molecule has 0 aliphatic rings. The molecule has 0 bridgehead atoms. The fraction of sp³-hybridized carbons (Fsp3) is 0.450. The van der Waals surface area contributed by atoms with Gasteiger partial charge in [-0.2, -0.15) is 0 Å². The third kappa shape index (κ3) is 6.90. The van der Waals surface area contributed by atoms with Gasteiger partial charge in [-0.3, -0.25) is 9.59 Å². The fourth-order valence-electron chi connectivity index (χ4n) is 2.19. The SMILES string of the molecule is CC(=O)c1ccc(C(=O)C(=O)OCC[C@H](C)CCC=C(C)C)cc1. The summed E-state index contributed by atoms with van der Waals surface area (Å²) in [4.78, 5) is 35.0. The highest BCUT2D eigenvalue weighted by Gasteiger charge is 2.18. The predicted molar refractivity (Wildman–Crippen MR) is 94.2 cm³/mol. The van der Waals surface area contributed by atoms with Crippen molar-refractivity contribution in [3.63, 3.8) is 0 Å². The summed E-state index contributed by atoms with van der Waals surface area (Å²) in [7, 11) is 0. The number of rotatable bonds is 9. The quantitative estimate of drug-likeness (QED) is 0.292. The van der Waals surface area contributed by atoms with E-state index in [1.165, 1.54) is 36.8 Å². The Morgan fingerprint density at radius 1 is 1.00 bits per heavy atom. The predicted octanol–water partition coefficient (Wildman–Crippen LogP) is 4.39. The number of carbonyl (C=O) groups is 3. The van der Waals surface area contributed by atoms with Gasteiger partial charge in [0.1, 0.15) is 0 Å². The minimum atomic E-state index is -0.845. The highest BCUT2D eigenvalue weighted by Crippen LogP contribution is 2.12. The molecule has 24 heavy (non-hydrogen) atoms. The van der Waals surface area contributed by atoms with E-state index in [-0.39, 0.29) is 18.0 Å². The number of carbonyl (C=O) groups excluding carboxylic acids is 3. The number of benzene rings is 1. The zero-order valence-corrected chi connectivity index (χ0v) is 14.9. The Balaban J connectivity index is 2.40. The van der Waals surface area contributed by atoms with E-state index < -0.39 is 11.8 Å². The molecule has 0 saturated carbocycles. The number of hydrogen-bond donors (Lipinski definition) is 0. The second-order valence-corrected chi connectivity index (χ2v) is 6.35. The van der Waals surface area contributed by atoms with Crippen LogP contribution in [-0.2, 0) is 9.53 Å². The lowest BCUT2D eigenvalue weighted by molar-refractivity contribution is -0.138. The molecule has 1 aromatic rings. The third-order valence-corrected chi connectivity index (χ3v) is 3.79. The molecule has 0 aromatic heterocycles. The lowest BCUT2D eigenvalue weighted by Crippen LogP contribution is -2.19. The Kier molecular flexibility index (Phi) is 8.10. The summed E-state index contributed by atoms with van der Waals surface area (Å²) in [6.45, 7) is 7.94. The van der Waals surface area contributed by atoms with Crippen LogP contribution in [0.25, 0.3) is 0 Å². The van der Waals surface area contributed by atoms with E-state index in [4.69, 9.17) is 4.74 Å². The molecule has 0 amide bonds. The zero-order chi connectivity index (χ0) is 18.1. The standard InChI is InChI=1S/C20H26O4/c1-14(2)6-5-7-15(3)12-13-24-20(23)19(22)18-10-8-17(9-11-18)16(4)21/h6,8-11,15H,5,7,12-13H2,1-4H3/t15-/m1/s1. The van der Waals surface area contributed by atoms with Crippen molar-refractivity contribution in [2.24, 2.45) is 5.92 Å². The van der Waals surface area contributed by atoms with Crippen LogP contribution in [0.1, 0.15) is 67.7 Å². The molecule has 0 aliphatic carbocycles. The number of Topliss-reactive ketones (excluding diaryl/α,β-unsaturated/α-hetero) is 2. The van der Waals surface area contributed by atoms with Gasteiger partial charge < -0.3 is 4.74 Å². The number of ether oxygens (including phenoxy) is 1. The third-order valence-electron chi connectivity index (χ3n) is 3.79. The summed E-state index contributed by atoms with van der Waals surface area (Å²) in [5.74, 6) is -1.18. The Bertz CT molecular complexity index is 607. The number of allylic oxidation sites excluding steroid dienone is 2. The topological polar surface area (TPSA) is 60.4 Å². The smallest absolute Gasteiger partial charge is 0.379 e. The maximum atomic E-state index is 12.0. The summed E-state index contributed by atoms with van der Waals surface area (Å²) < 4.78 is 5.06. The van der Waals surface area contributed by atoms with Crippen molar-refractivity contribution in [1.29, 1.82) is 0 Å². The van der Waals surface area contributed by atoms with Crippen molar-refractivity contribution in [2.75, 3.05) is 6.61 Å². The fourth-order valence-corrected chi connectivity index (χ4v) is 2.19. The molecule has 130 valence electrons. The summed E-state index contributed by atoms with van der Waals surface area (Å²) in [6.07, 6.45) is 4.97. The summed E-state index contributed by atoms with van der Waals surface area (Å²) in [6, 6.07) is 6.02. The second kappa shape index (κ2) is 9.81. The molecular formula is C20H26O4. The first kappa shape index (κ1) is 19.8. The normalized spacial score (nSPS) is 11.5. The van der Waals surface area contributed by atoms with Crippen LogP contribution in [0.5, 0.6) is 0 Å². The van der Waals surface area contributed by atoms with Gasteiger partial charge >= 0.3 is 5.97 Å². The van der Waals surface area contributed by atoms with Crippen molar-refractivity contribution in [2.45, 2.75) is 47.0 Å². The van der Waals surface area contributed by atoms with E-state index in [1.807, 2.05) is 0 Å². The van der Waals surface area contributed by atoms with Gasteiger partial charge in [0.25, 0.3) is 5.78 Å². The molecule has 4 heteroatoms. The molecule has 0 saturated heterocycles. The van der Waals surface area contributed by atoms with E-state index in [9.17, 15) is 14.4 Å². The minimum absolute atomic E-state index is 0.0846. The van der Waals surface area contributed by atoms with Crippen LogP contribution < -0.4 is 0 Å². The van der Waals surface area contributed by atoms with E-state index in [2.05, 4.69) is 26.8 Å². The van der Waals surface area contributed by atoms with Crippen LogP contribution in [0.2, 0.25) is 0 Å². The first-order chi connectivity index (χ1) is 11.3. The van der Waals surface area contributed by atoms with Gasteiger partial charge in [-0.15, -0.1) is 0 Å². The van der Waals surface area contributed by atoms with Gasteiger partial charge in [0.15, 0.2) is 5.78 Å². The molecule has 0 heterocycles. The highest BCUT2D eigenvalue weighted by atomic mass is 16.5. The van der Waals surface area contributed by atoms with Crippen LogP contribution in [0, 0.1) is 5.92 Å². The maximum Gasteiger partial charge on any atom is 0.379 e. The molecule has 1 atom stereocenters. The van der Waals surface area contributed by atoms with Crippen molar-refractivity contribution < 1.29 is 19.1 Å². The Morgan fingerprint density at radius 2 is 1.58 bits per heavy atom. The highest BCUT2D eigenvalue weighted by molar-refractivity contribution is 6.40. The Hall–Kier alpha value is -2.23. The van der Waals surface area contributed by atoms with E-state index in [1.54, 1.807) is 0 Å². The van der Waals surface area contributed by atoms with Crippen LogP contribution in [0.3, 0.4) is 0 Å². The monoisotopic (exact) mass is 330 g/mol. The van der Waals surface area contributed by atoms with Crippen molar-refractivity contribution in [1.82, 2.24) is 0 Å². The van der Waals surface area contributed by atoms with Gasteiger partial charge in [-0.1, -0.05) is 42.8 Å². The van der Waals surface area contributed by atoms with Gasteiger partial charge in [0.05, 0.1) is 6.61 Å². The summed E-state index contributed by atoms with van der Waals surface area (Å²) >= 11 is 0. The first-order valence-corrected chi connectivity index (χ1v) is 8.27. The lowest BCUT2D eigenvalue weighted by atomic mass is 10.0. The van der Waals surface area contributed by atoms with E-state index in [0.717, 1.165) is 19.3 Å². The van der Waals surface area contributed by atoms with Crippen LogP contribution in [0.15, 0.2) is 35.9 Å². The van der Waals surface area contributed by atoms with E-state index in [0.29, 0.717) is 11.5 Å². The average molecular weight is 330 g/mol. The maximum absolute atomic E-state index is 12.0. The second-order valence-electron chi connectivity index (χ2n) is 6.35. The molecule has 1 aromatic carbocycles. The average Bonchev–Trinajstić information content (AvgIpc) is 2.53. The number of ketones is 2. The van der Waals surface area contributed by atoms with Crippen molar-refractivity contribution >= 4 is 17.5 Å². The van der Waals surface area contributed by atoms with Crippen molar-refractivity contribution in [3.8, 4) is 0 Å². The summed E-state index contributed by atoms with van der Waals surface area (Å²) in [5.41, 5.74) is 2.04. The summed E-state index contributed by atoms with van der Waals surface area (Å²) in [5, 5.41) is 0. The molecule has 0 spiro atoms. The largest absolute Gasteiger partial charge is 0.460 e. The van der Waals surface area contributed by atoms with Gasteiger partial charge in [-0.25, -0.2) is 4.79 Å². The van der Waals surface area contributed by atoms with E-state index >= 15 is 0 Å². The van der Waals surface area contributed by atoms with Gasteiger partial charge in [0, 0.05) is 11.1 Å². The number of hydrogen-bond acceptors (Lipinski definition) is 4. The van der Waals surface area contributed by atoms with Crippen molar-refractivity contribution in [3.05, 3.63) is 47.0 Å². The zero-order valence-electron chi connectivity index (χ0n) is 14.9. The molecule has 0 radical (unpaired) electrons. The van der Waals surface area contributed by atoms with Crippen LogP contribution >= 0.6 is 0 Å². The molecule has 0 aliphatic heterocycles. The Morgan fingerprint density at radius 3 is 2.12 bits per heavy atom. The van der Waals surface area contributed by atoms with Crippen LogP contribution in [-0.4, -0.2) is 24.1 Å². The Labute approximate surface area is 143 Å². The molecule has 0 N–H and O–H groups in total. The van der Waals surface area contributed by atoms with Gasteiger partial charge in [-0.05, 0) is 46.0 Å².